The zero-order valence-electron chi connectivity index (χ0n) is 20.5. The Hall–Kier alpha value is -3.67. The summed E-state index contributed by atoms with van der Waals surface area (Å²) in [5.74, 6) is 0.670. The number of sulfonamides is 1. The second-order valence-corrected chi connectivity index (χ2v) is 10.9. The fraction of sp³-hybridized carbons (Fsp3) is 0.280. The van der Waals surface area contributed by atoms with Crippen LogP contribution in [-0.2, 0) is 14.8 Å². The van der Waals surface area contributed by atoms with Crippen LogP contribution in [0.2, 0.25) is 0 Å². The van der Waals surface area contributed by atoms with E-state index in [1.165, 1.54) is 18.4 Å². The number of nitrogen functional groups attached to an aromatic ring is 1. The van der Waals surface area contributed by atoms with Crippen LogP contribution in [0.1, 0.15) is 0 Å². The number of nitrogens with one attached hydrogen (secondary N) is 1. The Kier molecular flexibility index (Phi) is 6.29. The molecule has 10 nitrogen and oxygen atoms in total. The third kappa shape index (κ3) is 4.25. The average molecular weight is 508 g/mol. The van der Waals surface area contributed by atoms with Gasteiger partial charge in [0.2, 0.25) is 16.0 Å². The van der Waals surface area contributed by atoms with Gasteiger partial charge < -0.3 is 20.7 Å². The molecule has 0 radical (unpaired) electrons. The molecule has 1 aliphatic rings. The lowest BCUT2D eigenvalue weighted by molar-refractivity contribution is 0.122. The van der Waals surface area contributed by atoms with E-state index >= 15 is 0 Å². The molecule has 1 fully saturated rings. The average Bonchev–Trinajstić information content (AvgIpc) is 3.23. The number of hydrogen-bond acceptors (Lipinski definition) is 8. The minimum absolute atomic E-state index is 0.110. The number of anilines is 3. The molecular formula is C25H29N7O3S. The van der Waals surface area contributed by atoms with Crippen LogP contribution in [0.4, 0.5) is 17.5 Å². The van der Waals surface area contributed by atoms with E-state index in [9.17, 15) is 8.42 Å². The molecule has 2 aromatic carbocycles. The van der Waals surface area contributed by atoms with Gasteiger partial charge in [0.1, 0.15) is 10.7 Å². The Morgan fingerprint density at radius 3 is 2.36 bits per heavy atom. The molecule has 5 rings (SSSR count). The van der Waals surface area contributed by atoms with Gasteiger partial charge in [0.25, 0.3) is 0 Å². The van der Waals surface area contributed by atoms with Crippen LogP contribution < -0.4 is 16.0 Å². The van der Waals surface area contributed by atoms with Crippen molar-refractivity contribution in [3.8, 4) is 16.8 Å². The fourth-order valence-corrected chi connectivity index (χ4v) is 5.43. The summed E-state index contributed by atoms with van der Waals surface area (Å²) in [7, 11) is 0.951. The molecule has 0 amide bonds. The minimum atomic E-state index is -3.69. The first-order chi connectivity index (χ1) is 17.3. The van der Waals surface area contributed by atoms with E-state index in [4.69, 9.17) is 10.5 Å². The van der Waals surface area contributed by atoms with Gasteiger partial charge in [-0.2, -0.15) is 0 Å². The van der Waals surface area contributed by atoms with Crippen molar-refractivity contribution < 1.29 is 13.2 Å². The fourth-order valence-electron chi connectivity index (χ4n) is 4.36. The highest BCUT2D eigenvalue weighted by molar-refractivity contribution is 7.89. The second-order valence-electron chi connectivity index (χ2n) is 8.73. The van der Waals surface area contributed by atoms with Gasteiger partial charge in [0, 0.05) is 57.4 Å². The molecule has 3 N–H and O–H groups in total. The molecule has 36 heavy (non-hydrogen) atoms. The van der Waals surface area contributed by atoms with E-state index in [0.29, 0.717) is 17.3 Å². The number of benzene rings is 2. The summed E-state index contributed by atoms with van der Waals surface area (Å²) in [5, 5.41) is 2.87. The lowest BCUT2D eigenvalue weighted by Crippen LogP contribution is -2.36. The summed E-state index contributed by atoms with van der Waals surface area (Å²) in [5.41, 5.74) is 11.4. The molecule has 11 heteroatoms. The van der Waals surface area contributed by atoms with Crippen molar-refractivity contribution in [1.82, 2.24) is 18.8 Å². The van der Waals surface area contributed by atoms with Gasteiger partial charge >= 0.3 is 0 Å². The quantitative estimate of drug-likeness (QED) is 0.409. The predicted octanol–water partition coefficient (Wildman–Crippen LogP) is 2.80. The first-order valence-corrected chi connectivity index (χ1v) is 13.1. The van der Waals surface area contributed by atoms with Crippen molar-refractivity contribution in [2.75, 3.05) is 63.4 Å². The minimum Gasteiger partial charge on any atom is -0.378 e. The maximum absolute atomic E-state index is 12.9. The van der Waals surface area contributed by atoms with Crippen LogP contribution in [-0.4, -0.2) is 74.7 Å². The van der Waals surface area contributed by atoms with Gasteiger partial charge in [0.15, 0.2) is 0 Å². The lowest BCUT2D eigenvalue weighted by atomic mass is 10.1. The molecule has 0 atom stereocenters. The maximum Gasteiger partial charge on any atom is 0.246 e. The van der Waals surface area contributed by atoms with E-state index in [1.807, 2.05) is 34.9 Å². The SMILES string of the molecule is CNc1ncc(-c2ccc3nc(N)n(-c4ccc(N5CCOCC5)cc4)c3c2)cc1S(=O)(=O)N(C)C. The zero-order chi connectivity index (χ0) is 25.4. The molecule has 2 aromatic heterocycles. The van der Waals surface area contributed by atoms with Crippen molar-refractivity contribution in [2.45, 2.75) is 4.90 Å². The molecular weight excluding hydrogens is 478 g/mol. The Labute approximate surface area is 210 Å². The van der Waals surface area contributed by atoms with Crippen LogP contribution >= 0.6 is 0 Å². The normalized spacial score (nSPS) is 14.5. The molecule has 3 heterocycles. The molecule has 1 saturated heterocycles. The number of rotatable bonds is 6. The molecule has 1 aliphatic heterocycles. The Bertz CT molecular complexity index is 1510. The van der Waals surface area contributed by atoms with Gasteiger partial charge in [0.05, 0.1) is 24.2 Å². The monoisotopic (exact) mass is 507 g/mol. The molecule has 4 aromatic rings. The molecule has 0 unspecified atom stereocenters. The highest BCUT2D eigenvalue weighted by atomic mass is 32.2. The lowest BCUT2D eigenvalue weighted by Gasteiger charge is -2.29. The van der Waals surface area contributed by atoms with Crippen LogP contribution in [0.25, 0.3) is 27.8 Å². The molecule has 0 bridgehead atoms. The number of morpholine rings is 1. The standard InChI is InChI=1S/C25H29N7O3S/c1-27-24-23(36(33,34)30(2)3)15-18(16-28-24)17-4-9-21-22(14-17)32(25(26)29-21)20-7-5-19(6-8-20)31-10-12-35-13-11-31/h4-9,14-16H,10-13H2,1-3H3,(H2,26,29)(H,27,28). The van der Waals surface area contributed by atoms with Crippen LogP contribution in [0.3, 0.4) is 0 Å². The molecule has 0 aliphatic carbocycles. The van der Waals surface area contributed by atoms with E-state index in [1.54, 1.807) is 19.3 Å². The first kappa shape index (κ1) is 24.0. The van der Waals surface area contributed by atoms with Gasteiger partial charge in [-0.25, -0.2) is 22.7 Å². The summed E-state index contributed by atoms with van der Waals surface area (Å²) in [6.45, 7) is 3.19. The van der Waals surface area contributed by atoms with Gasteiger partial charge in [-0.3, -0.25) is 4.57 Å². The van der Waals surface area contributed by atoms with E-state index < -0.39 is 10.0 Å². The van der Waals surface area contributed by atoms with Crippen molar-refractivity contribution in [2.24, 2.45) is 0 Å². The number of hydrogen-bond donors (Lipinski definition) is 2. The molecule has 0 saturated carbocycles. The predicted molar refractivity (Wildman–Crippen MR) is 142 cm³/mol. The van der Waals surface area contributed by atoms with Crippen molar-refractivity contribution in [1.29, 1.82) is 0 Å². The zero-order valence-corrected chi connectivity index (χ0v) is 21.3. The van der Waals surface area contributed by atoms with Crippen LogP contribution in [0, 0.1) is 0 Å². The van der Waals surface area contributed by atoms with Crippen LogP contribution in [0.5, 0.6) is 0 Å². The molecule has 188 valence electrons. The number of ether oxygens (including phenoxy) is 1. The second kappa shape index (κ2) is 9.41. The van der Waals surface area contributed by atoms with Crippen LogP contribution in [0.15, 0.2) is 59.6 Å². The number of imidazole rings is 1. The van der Waals surface area contributed by atoms with E-state index in [0.717, 1.165) is 54.3 Å². The summed E-state index contributed by atoms with van der Waals surface area (Å²) in [4.78, 5) is 11.3. The Morgan fingerprint density at radius 2 is 1.69 bits per heavy atom. The summed E-state index contributed by atoms with van der Waals surface area (Å²) >= 11 is 0. The van der Waals surface area contributed by atoms with E-state index in [-0.39, 0.29) is 4.90 Å². The van der Waals surface area contributed by atoms with Crippen molar-refractivity contribution in [3.63, 3.8) is 0 Å². The molecule has 0 spiro atoms. The Morgan fingerprint density at radius 1 is 1.00 bits per heavy atom. The number of nitrogens with two attached hydrogens (primary N) is 1. The summed E-state index contributed by atoms with van der Waals surface area (Å²) in [6, 6.07) is 15.6. The number of fused-ring (bicyclic) bond motifs is 1. The third-order valence-electron chi connectivity index (χ3n) is 6.35. The third-order valence-corrected chi connectivity index (χ3v) is 8.17. The van der Waals surface area contributed by atoms with Gasteiger partial charge in [-0.15, -0.1) is 0 Å². The van der Waals surface area contributed by atoms with Crippen molar-refractivity contribution in [3.05, 3.63) is 54.7 Å². The highest BCUT2D eigenvalue weighted by Gasteiger charge is 2.23. The summed E-state index contributed by atoms with van der Waals surface area (Å²) in [6.07, 6.45) is 1.66. The van der Waals surface area contributed by atoms with Gasteiger partial charge in [-0.05, 0) is 48.0 Å². The Balaban J connectivity index is 1.56. The maximum atomic E-state index is 12.9. The van der Waals surface area contributed by atoms with Crippen molar-refractivity contribution >= 4 is 38.5 Å². The topological polar surface area (TPSA) is 119 Å². The smallest absolute Gasteiger partial charge is 0.246 e. The highest BCUT2D eigenvalue weighted by Crippen LogP contribution is 2.32. The van der Waals surface area contributed by atoms with E-state index in [2.05, 4.69) is 32.3 Å². The number of nitrogens with zero attached hydrogens (tertiary/aromatic N) is 5. The largest absolute Gasteiger partial charge is 0.378 e. The number of aromatic nitrogens is 3. The van der Waals surface area contributed by atoms with Gasteiger partial charge in [-0.1, -0.05) is 6.07 Å². The summed E-state index contributed by atoms with van der Waals surface area (Å²) < 4.78 is 34.3. The number of pyridine rings is 1. The first-order valence-electron chi connectivity index (χ1n) is 11.6.